The highest BCUT2D eigenvalue weighted by Gasteiger charge is 2.44. The van der Waals surface area contributed by atoms with Crippen molar-refractivity contribution >= 4 is 29.3 Å². The Hall–Kier alpha value is -3.06. The molecule has 7 nitrogen and oxygen atoms in total. The Morgan fingerprint density at radius 2 is 1.97 bits per heavy atom. The topological polar surface area (TPSA) is 77.7 Å². The summed E-state index contributed by atoms with van der Waals surface area (Å²) in [5.74, 6) is 1.76. The van der Waals surface area contributed by atoms with Gasteiger partial charge in [-0.15, -0.1) is 0 Å². The largest absolute Gasteiger partial charge is 0.448 e. The molecule has 2 saturated heterocycles. The number of aromatic amines is 1. The van der Waals surface area contributed by atoms with Crippen molar-refractivity contribution in [2.45, 2.75) is 19.5 Å². The van der Waals surface area contributed by atoms with Crippen molar-refractivity contribution < 1.29 is 14.3 Å². The molecule has 3 fully saturated rings. The summed E-state index contributed by atoms with van der Waals surface area (Å²) in [6.45, 7) is 4.91. The predicted octanol–water partition coefficient (Wildman–Crippen LogP) is 2.91. The van der Waals surface area contributed by atoms with Crippen LogP contribution in [0.1, 0.15) is 28.8 Å². The maximum absolute atomic E-state index is 12.6. The number of nitrogens with zero attached hydrogens (tertiary/aromatic N) is 2. The van der Waals surface area contributed by atoms with Gasteiger partial charge in [0.2, 0.25) is 0 Å². The minimum atomic E-state index is -0.283. The summed E-state index contributed by atoms with van der Waals surface area (Å²) >= 11 is 0. The van der Waals surface area contributed by atoms with E-state index < -0.39 is 0 Å². The molecule has 2 N–H and O–H groups in total. The number of carbonyl (C=O) groups is 2. The minimum Gasteiger partial charge on any atom is -0.448 e. The number of rotatable bonds is 5. The Morgan fingerprint density at radius 1 is 1.10 bits per heavy atom. The first-order valence-corrected chi connectivity index (χ1v) is 10.6. The van der Waals surface area contributed by atoms with Gasteiger partial charge in [-0.25, -0.2) is 4.79 Å². The third kappa shape index (κ3) is 3.19. The number of carbonyl (C=O) groups excluding carboxylic acids is 2. The Morgan fingerprint density at radius 3 is 2.77 bits per heavy atom. The molecule has 6 rings (SSSR count). The van der Waals surface area contributed by atoms with Crippen molar-refractivity contribution in [2.75, 3.05) is 31.6 Å². The molecule has 30 heavy (non-hydrogen) atoms. The number of benzene rings is 1. The number of likely N-dealkylation sites (tertiary alicyclic amines) is 1. The van der Waals surface area contributed by atoms with Crippen molar-refractivity contribution in [1.82, 2.24) is 14.8 Å². The molecule has 1 aromatic carbocycles. The van der Waals surface area contributed by atoms with Crippen LogP contribution in [0.4, 0.5) is 10.5 Å². The van der Waals surface area contributed by atoms with Crippen LogP contribution in [0.3, 0.4) is 0 Å². The molecule has 0 bridgehead atoms. The van der Waals surface area contributed by atoms with Crippen LogP contribution in [-0.2, 0) is 22.6 Å². The number of fused-ring (bicyclic) bond motifs is 2. The second-order valence-electron chi connectivity index (χ2n) is 8.84. The van der Waals surface area contributed by atoms with E-state index in [1.807, 2.05) is 30.5 Å². The highest BCUT2D eigenvalue weighted by atomic mass is 16.6. The van der Waals surface area contributed by atoms with Gasteiger partial charge in [0, 0.05) is 49.3 Å². The van der Waals surface area contributed by atoms with Gasteiger partial charge < -0.3 is 19.9 Å². The predicted molar refractivity (Wildman–Crippen MR) is 112 cm³/mol. The van der Waals surface area contributed by atoms with Crippen LogP contribution in [0.2, 0.25) is 0 Å². The number of hydrogen-bond donors (Lipinski definition) is 2. The van der Waals surface area contributed by atoms with Crippen LogP contribution in [0.15, 0.2) is 30.5 Å². The van der Waals surface area contributed by atoms with E-state index in [-0.39, 0.29) is 12.0 Å². The molecule has 0 spiro atoms. The lowest BCUT2D eigenvalue weighted by Crippen LogP contribution is -2.23. The second kappa shape index (κ2) is 6.74. The third-order valence-corrected chi connectivity index (χ3v) is 6.61. The van der Waals surface area contributed by atoms with Crippen LogP contribution in [0, 0.1) is 11.8 Å². The molecule has 3 aliphatic heterocycles. The summed E-state index contributed by atoms with van der Waals surface area (Å²) < 4.78 is 5.01. The van der Waals surface area contributed by atoms with E-state index in [4.69, 9.17) is 4.74 Å². The quantitative estimate of drug-likeness (QED) is 0.752. The zero-order chi connectivity index (χ0) is 20.2. The number of anilines is 1. The highest BCUT2D eigenvalue weighted by Crippen LogP contribution is 2.45. The monoisotopic (exact) mass is 404 g/mol. The maximum atomic E-state index is 12.6. The number of H-pyrrole nitrogens is 1. The third-order valence-electron chi connectivity index (χ3n) is 6.61. The normalized spacial score (nSPS) is 26.1. The fourth-order valence-electron chi connectivity index (χ4n) is 4.94. The molecule has 0 radical (unpaired) electrons. The molecule has 2 aromatic rings. The van der Waals surface area contributed by atoms with E-state index in [2.05, 4.69) is 21.3 Å². The van der Waals surface area contributed by atoms with Gasteiger partial charge in [0.15, 0.2) is 0 Å². The van der Waals surface area contributed by atoms with Crippen LogP contribution >= 0.6 is 0 Å². The Kier molecular flexibility index (Phi) is 3.99. The van der Waals surface area contributed by atoms with Gasteiger partial charge in [-0.2, -0.15) is 0 Å². The van der Waals surface area contributed by atoms with Crippen LogP contribution in [-0.4, -0.2) is 53.0 Å². The van der Waals surface area contributed by atoms with Gasteiger partial charge in [0.1, 0.15) is 6.61 Å². The van der Waals surface area contributed by atoms with Crippen molar-refractivity contribution in [3.8, 4) is 0 Å². The van der Waals surface area contributed by atoms with E-state index in [0.717, 1.165) is 40.9 Å². The fraction of sp³-hybridized carbons (Fsp3) is 0.391. The van der Waals surface area contributed by atoms with Crippen LogP contribution in [0.5, 0.6) is 0 Å². The lowest BCUT2D eigenvalue weighted by atomic mass is 10.0. The molecule has 4 aliphatic rings. The summed E-state index contributed by atoms with van der Waals surface area (Å²) in [7, 11) is 0. The average Bonchev–Trinajstić information content (AvgIpc) is 3.13. The van der Waals surface area contributed by atoms with E-state index in [0.29, 0.717) is 25.3 Å². The summed E-state index contributed by atoms with van der Waals surface area (Å²) in [6.07, 6.45) is 5.09. The zero-order valence-corrected chi connectivity index (χ0v) is 16.7. The zero-order valence-electron chi connectivity index (χ0n) is 16.7. The van der Waals surface area contributed by atoms with Crippen molar-refractivity contribution in [1.29, 1.82) is 0 Å². The molecule has 4 heterocycles. The van der Waals surface area contributed by atoms with Crippen molar-refractivity contribution in [2.24, 2.45) is 11.8 Å². The molecule has 2 amide bonds. The molecule has 1 aliphatic carbocycles. The first-order valence-electron chi connectivity index (χ1n) is 10.6. The Bertz CT molecular complexity index is 1060. The van der Waals surface area contributed by atoms with E-state index in [1.54, 1.807) is 4.90 Å². The number of ether oxygens (including phenoxy) is 1. The number of nitrogens with one attached hydrogen (secondary N) is 2. The summed E-state index contributed by atoms with van der Waals surface area (Å²) in [6, 6.07) is 7.97. The first-order chi connectivity index (χ1) is 14.6. The maximum Gasteiger partial charge on any atom is 0.410 e. The van der Waals surface area contributed by atoms with Crippen LogP contribution in [0.25, 0.3) is 11.6 Å². The number of cyclic esters (lactones) is 1. The lowest BCUT2D eigenvalue weighted by molar-refractivity contribution is -0.110. The van der Waals surface area contributed by atoms with Gasteiger partial charge in [-0.05, 0) is 53.7 Å². The van der Waals surface area contributed by atoms with Gasteiger partial charge in [0.25, 0.3) is 5.91 Å². The molecule has 1 aromatic heterocycles. The molecule has 154 valence electrons. The molecule has 2 atom stereocenters. The van der Waals surface area contributed by atoms with Gasteiger partial charge in [-0.3, -0.25) is 9.69 Å². The summed E-state index contributed by atoms with van der Waals surface area (Å²) in [4.78, 5) is 31.8. The fourth-order valence-corrected chi connectivity index (χ4v) is 4.94. The average molecular weight is 404 g/mol. The molecule has 0 unspecified atom stereocenters. The number of aromatic nitrogens is 1. The van der Waals surface area contributed by atoms with Gasteiger partial charge in [-0.1, -0.05) is 6.07 Å². The smallest absolute Gasteiger partial charge is 0.410 e. The molecular formula is C23H24N4O3. The van der Waals surface area contributed by atoms with Crippen molar-refractivity contribution in [3.05, 3.63) is 52.8 Å². The number of hydrogen-bond acceptors (Lipinski definition) is 4. The number of amides is 2. The minimum absolute atomic E-state index is 0.0986. The standard InChI is InChI=1S/C23H24N4O3/c28-22-20(8-18-5-15(9-24-18)10-26-12-16-7-17(16)13-26)19-6-14(1-2-21(19)25-22)11-27-3-4-30-23(27)29/h1-2,5-6,8-9,16-17,24H,3-4,7,10-13H2,(H,25,28)/t16-,17+. The van der Waals surface area contributed by atoms with E-state index in [9.17, 15) is 9.59 Å². The SMILES string of the molecule is O=C1Nc2ccc(CN3CCOC3=O)cc2C1=Cc1cc(CN2C[C@H]3C[C@H]3C2)c[nH]1. The second-order valence-corrected chi connectivity index (χ2v) is 8.84. The first kappa shape index (κ1) is 17.8. The van der Waals surface area contributed by atoms with Crippen LogP contribution < -0.4 is 5.32 Å². The molecule has 7 heteroatoms. The highest BCUT2D eigenvalue weighted by molar-refractivity contribution is 6.34. The number of piperidine rings is 1. The summed E-state index contributed by atoms with van der Waals surface area (Å²) in [5, 5.41) is 2.94. The Balaban J connectivity index is 1.21. The van der Waals surface area contributed by atoms with E-state index >= 15 is 0 Å². The Labute approximate surface area is 174 Å². The van der Waals surface area contributed by atoms with E-state index in [1.165, 1.54) is 25.1 Å². The molecular weight excluding hydrogens is 380 g/mol. The molecule has 1 saturated carbocycles. The lowest BCUT2D eigenvalue weighted by Gasteiger charge is -2.15. The van der Waals surface area contributed by atoms with Crippen molar-refractivity contribution in [3.63, 3.8) is 0 Å². The van der Waals surface area contributed by atoms with Gasteiger partial charge in [0.05, 0.1) is 12.1 Å². The van der Waals surface area contributed by atoms with Gasteiger partial charge >= 0.3 is 6.09 Å². The summed E-state index contributed by atoms with van der Waals surface area (Å²) in [5.41, 5.74) is 5.49.